The van der Waals surface area contributed by atoms with Crippen LogP contribution in [0.2, 0.25) is 0 Å². The van der Waals surface area contributed by atoms with Crippen molar-refractivity contribution < 1.29 is 4.84 Å². The molecule has 1 aliphatic heterocycles. The quantitative estimate of drug-likeness (QED) is 0.748. The summed E-state index contributed by atoms with van der Waals surface area (Å²) in [7, 11) is 0. The Hall–Kier alpha value is -3.00. The number of anilines is 2. The largest absolute Gasteiger partial charge is 0.338 e. The standard InChI is InChI=1S/C18H19N7O/c1-2-25-17-13(10-22-25)16(23-15-11-19-6-7-20-15)12(9-21-17)14-8-18(26-24-14)4-3-5-18/h6-11,24H,2-5H2,1H3,(H,20,21,23). The Kier molecular flexibility index (Phi) is 3.39. The smallest absolute Gasteiger partial charge is 0.159 e. The second kappa shape index (κ2) is 5.77. The lowest BCUT2D eigenvalue weighted by atomic mass is 9.80. The lowest BCUT2D eigenvalue weighted by molar-refractivity contribution is -0.0821. The van der Waals surface area contributed by atoms with Gasteiger partial charge in [0.25, 0.3) is 0 Å². The summed E-state index contributed by atoms with van der Waals surface area (Å²) in [6, 6.07) is 0. The van der Waals surface area contributed by atoms with Crippen LogP contribution in [0.5, 0.6) is 0 Å². The molecule has 0 unspecified atom stereocenters. The number of pyridine rings is 1. The first-order valence-corrected chi connectivity index (χ1v) is 8.83. The molecule has 8 heteroatoms. The highest BCUT2D eigenvalue weighted by Gasteiger charge is 2.41. The molecule has 1 fully saturated rings. The second-order valence-electron chi connectivity index (χ2n) is 6.64. The number of hydrogen-bond acceptors (Lipinski definition) is 7. The number of aryl methyl sites for hydroxylation is 1. The van der Waals surface area contributed by atoms with Crippen LogP contribution in [0.15, 0.2) is 37.1 Å². The minimum atomic E-state index is -0.165. The van der Waals surface area contributed by atoms with Gasteiger partial charge in [-0.1, -0.05) is 0 Å². The fraction of sp³-hybridized carbons (Fsp3) is 0.333. The zero-order chi connectivity index (χ0) is 17.6. The van der Waals surface area contributed by atoms with E-state index < -0.39 is 0 Å². The van der Waals surface area contributed by atoms with Crippen molar-refractivity contribution in [2.75, 3.05) is 5.32 Å². The number of nitrogens with one attached hydrogen (secondary N) is 2. The van der Waals surface area contributed by atoms with E-state index in [-0.39, 0.29) is 5.60 Å². The number of nitrogens with zero attached hydrogens (tertiary/aromatic N) is 5. The van der Waals surface area contributed by atoms with Gasteiger partial charge in [-0.25, -0.2) is 14.6 Å². The van der Waals surface area contributed by atoms with E-state index in [9.17, 15) is 0 Å². The predicted octanol–water partition coefficient (Wildman–Crippen LogP) is 2.78. The molecule has 1 aliphatic carbocycles. The van der Waals surface area contributed by atoms with E-state index in [0.717, 1.165) is 47.4 Å². The molecular formula is C18H19N7O. The van der Waals surface area contributed by atoms with Gasteiger partial charge in [-0.15, -0.1) is 0 Å². The van der Waals surface area contributed by atoms with Crippen LogP contribution in [-0.2, 0) is 11.4 Å². The molecule has 132 valence electrons. The first-order chi connectivity index (χ1) is 12.8. The fourth-order valence-corrected chi connectivity index (χ4v) is 3.47. The monoisotopic (exact) mass is 349 g/mol. The Morgan fingerprint density at radius 2 is 2.15 bits per heavy atom. The number of rotatable bonds is 4. The maximum atomic E-state index is 5.84. The highest BCUT2D eigenvalue weighted by molar-refractivity contribution is 5.97. The molecule has 0 bridgehead atoms. The van der Waals surface area contributed by atoms with E-state index in [1.807, 2.05) is 24.0 Å². The van der Waals surface area contributed by atoms with Crippen LogP contribution >= 0.6 is 0 Å². The van der Waals surface area contributed by atoms with Gasteiger partial charge in [0.15, 0.2) is 5.65 Å². The number of fused-ring (bicyclic) bond motifs is 1. The van der Waals surface area contributed by atoms with E-state index in [1.54, 1.807) is 18.6 Å². The predicted molar refractivity (Wildman–Crippen MR) is 97.3 cm³/mol. The first-order valence-electron chi connectivity index (χ1n) is 8.83. The minimum Gasteiger partial charge on any atom is -0.338 e. The minimum absolute atomic E-state index is 0.165. The maximum absolute atomic E-state index is 5.84. The van der Waals surface area contributed by atoms with Gasteiger partial charge in [0.05, 0.1) is 29.2 Å². The van der Waals surface area contributed by atoms with E-state index in [1.165, 1.54) is 6.42 Å². The van der Waals surface area contributed by atoms with Crippen molar-refractivity contribution >= 4 is 28.2 Å². The zero-order valence-electron chi connectivity index (χ0n) is 14.4. The van der Waals surface area contributed by atoms with E-state index >= 15 is 0 Å². The van der Waals surface area contributed by atoms with Crippen molar-refractivity contribution in [2.45, 2.75) is 38.3 Å². The topological polar surface area (TPSA) is 89.8 Å². The Balaban J connectivity index is 1.65. The average molecular weight is 349 g/mol. The molecule has 3 aromatic rings. The van der Waals surface area contributed by atoms with Crippen molar-refractivity contribution in [2.24, 2.45) is 0 Å². The third kappa shape index (κ3) is 2.33. The summed E-state index contributed by atoms with van der Waals surface area (Å²) >= 11 is 0. The van der Waals surface area contributed by atoms with Gasteiger partial charge in [-0.05, 0) is 32.3 Å². The van der Waals surface area contributed by atoms with Gasteiger partial charge in [-0.2, -0.15) is 5.10 Å². The van der Waals surface area contributed by atoms with Gasteiger partial charge < -0.3 is 5.32 Å². The molecule has 3 aromatic heterocycles. The highest BCUT2D eigenvalue weighted by Crippen LogP contribution is 2.43. The summed E-state index contributed by atoms with van der Waals surface area (Å²) in [5.41, 5.74) is 6.52. The third-order valence-corrected chi connectivity index (χ3v) is 5.04. The van der Waals surface area contributed by atoms with Crippen LogP contribution in [0.25, 0.3) is 16.7 Å². The summed E-state index contributed by atoms with van der Waals surface area (Å²) < 4.78 is 1.88. The molecule has 26 heavy (non-hydrogen) atoms. The molecule has 2 aliphatic rings. The Bertz CT molecular complexity index is 991. The van der Waals surface area contributed by atoms with Crippen LogP contribution in [0.3, 0.4) is 0 Å². The Morgan fingerprint density at radius 3 is 2.85 bits per heavy atom. The molecule has 0 aromatic carbocycles. The van der Waals surface area contributed by atoms with Crippen molar-refractivity contribution in [3.63, 3.8) is 0 Å². The molecule has 0 amide bonds. The number of aromatic nitrogens is 5. The highest BCUT2D eigenvalue weighted by atomic mass is 16.7. The van der Waals surface area contributed by atoms with Gasteiger partial charge in [0.2, 0.25) is 0 Å². The molecule has 1 spiro atoms. The summed E-state index contributed by atoms with van der Waals surface area (Å²) in [5.74, 6) is 0.670. The molecular weight excluding hydrogens is 330 g/mol. The fourth-order valence-electron chi connectivity index (χ4n) is 3.47. The van der Waals surface area contributed by atoms with Crippen LogP contribution in [-0.4, -0.2) is 30.3 Å². The number of hydroxylamine groups is 1. The van der Waals surface area contributed by atoms with E-state index in [0.29, 0.717) is 5.82 Å². The normalized spacial score (nSPS) is 17.8. The summed E-state index contributed by atoms with van der Waals surface area (Å²) in [6.07, 6.45) is 14.1. The Labute approximate surface area is 150 Å². The second-order valence-corrected chi connectivity index (χ2v) is 6.64. The average Bonchev–Trinajstić information content (AvgIpc) is 3.27. The molecule has 8 nitrogen and oxygen atoms in total. The molecule has 4 heterocycles. The van der Waals surface area contributed by atoms with Crippen LogP contribution in [0.4, 0.5) is 11.5 Å². The lowest BCUT2D eigenvalue weighted by Crippen LogP contribution is -2.36. The van der Waals surface area contributed by atoms with Crippen molar-refractivity contribution in [3.8, 4) is 0 Å². The van der Waals surface area contributed by atoms with E-state index in [4.69, 9.17) is 4.84 Å². The molecule has 2 N–H and O–H groups in total. The molecule has 0 radical (unpaired) electrons. The van der Waals surface area contributed by atoms with Crippen molar-refractivity contribution in [1.29, 1.82) is 0 Å². The summed E-state index contributed by atoms with van der Waals surface area (Å²) in [6.45, 7) is 2.81. The van der Waals surface area contributed by atoms with Gasteiger partial charge in [0.1, 0.15) is 11.4 Å². The summed E-state index contributed by atoms with van der Waals surface area (Å²) in [4.78, 5) is 19.0. The molecule has 1 saturated carbocycles. The first kappa shape index (κ1) is 15.3. The van der Waals surface area contributed by atoms with Gasteiger partial charge >= 0.3 is 0 Å². The van der Waals surface area contributed by atoms with Crippen LogP contribution < -0.4 is 10.8 Å². The lowest BCUT2D eigenvalue weighted by Gasteiger charge is -2.33. The van der Waals surface area contributed by atoms with Gasteiger partial charge in [0, 0.05) is 30.7 Å². The number of hydrogen-bond donors (Lipinski definition) is 2. The van der Waals surface area contributed by atoms with E-state index in [2.05, 4.69) is 36.9 Å². The van der Waals surface area contributed by atoms with Crippen molar-refractivity contribution in [3.05, 3.63) is 42.6 Å². The Morgan fingerprint density at radius 1 is 1.23 bits per heavy atom. The van der Waals surface area contributed by atoms with Gasteiger partial charge in [-0.3, -0.25) is 15.3 Å². The molecule has 5 rings (SSSR count). The SMILES string of the molecule is CCn1ncc2c(Nc3cnccn3)c(C3=CC4(CCC4)ON3)cnc21. The maximum Gasteiger partial charge on any atom is 0.159 e. The molecule has 0 atom stereocenters. The van der Waals surface area contributed by atoms with Crippen LogP contribution in [0.1, 0.15) is 31.7 Å². The molecule has 0 saturated heterocycles. The van der Waals surface area contributed by atoms with Crippen molar-refractivity contribution in [1.82, 2.24) is 30.2 Å². The zero-order valence-corrected chi connectivity index (χ0v) is 14.4. The third-order valence-electron chi connectivity index (χ3n) is 5.04. The van der Waals surface area contributed by atoms with Crippen LogP contribution in [0, 0.1) is 0 Å². The summed E-state index contributed by atoms with van der Waals surface area (Å²) in [5, 5.41) is 8.77.